The van der Waals surface area contributed by atoms with Crippen molar-refractivity contribution >= 4 is 21.6 Å². The number of piperazine rings is 1. The number of anilines is 1. The Labute approximate surface area is 118 Å². The third-order valence-corrected chi connectivity index (χ3v) is 4.03. The summed E-state index contributed by atoms with van der Waals surface area (Å²) < 4.78 is 1.11. The fourth-order valence-electron chi connectivity index (χ4n) is 2.90. The Bertz CT molecular complexity index is 399. The molecule has 18 heavy (non-hydrogen) atoms. The van der Waals surface area contributed by atoms with Crippen LogP contribution in [0.25, 0.3) is 0 Å². The quantitative estimate of drug-likeness (QED) is 0.928. The van der Waals surface area contributed by atoms with Crippen molar-refractivity contribution in [2.45, 2.75) is 25.4 Å². The number of aliphatic hydroxyl groups is 1. The van der Waals surface area contributed by atoms with Gasteiger partial charge in [-0.05, 0) is 38.6 Å². The number of aliphatic hydroxyl groups excluding tert-OH is 1. The molecule has 0 amide bonds. The van der Waals surface area contributed by atoms with Crippen molar-refractivity contribution in [3.8, 4) is 0 Å². The normalized spacial score (nSPS) is 25.4. The molecule has 2 atom stereocenters. The summed E-state index contributed by atoms with van der Waals surface area (Å²) in [5.41, 5.74) is 1.24. The largest absolute Gasteiger partial charge is 0.396 e. The topological polar surface area (TPSA) is 26.7 Å². The molecule has 2 rings (SSSR count). The Morgan fingerprint density at radius 1 is 1.39 bits per heavy atom. The van der Waals surface area contributed by atoms with Gasteiger partial charge in [-0.15, -0.1) is 0 Å². The summed E-state index contributed by atoms with van der Waals surface area (Å²) in [6, 6.07) is 9.28. The van der Waals surface area contributed by atoms with Crippen molar-refractivity contribution in [3.05, 3.63) is 28.7 Å². The van der Waals surface area contributed by atoms with Crippen LogP contribution in [-0.4, -0.2) is 48.8 Å². The van der Waals surface area contributed by atoms with E-state index in [2.05, 4.69) is 57.9 Å². The second kappa shape index (κ2) is 6.04. The Morgan fingerprint density at radius 3 is 2.83 bits per heavy atom. The number of hydrogen-bond donors (Lipinski definition) is 1. The van der Waals surface area contributed by atoms with E-state index in [9.17, 15) is 5.11 Å². The first-order valence-electron chi connectivity index (χ1n) is 6.45. The fourth-order valence-corrected chi connectivity index (χ4v) is 3.29. The van der Waals surface area contributed by atoms with E-state index in [0.29, 0.717) is 12.1 Å². The van der Waals surface area contributed by atoms with Gasteiger partial charge in [0.15, 0.2) is 0 Å². The minimum absolute atomic E-state index is 0.246. The molecular weight excluding hydrogens is 292 g/mol. The van der Waals surface area contributed by atoms with Crippen molar-refractivity contribution in [2.75, 3.05) is 31.6 Å². The van der Waals surface area contributed by atoms with Crippen LogP contribution in [0.5, 0.6) is 0 Å². The Hall–Kier alpha value is -0.580. The molecule has 0 aliphatic carbocycles. The first kappa shape index (κ1) is 13.8. The molecule has 1 fully saturated rings. The van der Waals surface area contributed by atoms with E-state index < -0.39 is 0 Å². The van der Waals surface area contributed by atoms with E-state index >= 15 is 0 Å². The second-order valence-electron chi connectivity index (χ2n) is 5.12. The van der Waals surface area contributed by atoms with E-state index in [1.807, 2.05) is 6.07 Å². The molecule has 1 aliphatic rings. The standard InChI is InChI=1S/C14H21BrN2O/c1-11-9-16(2)10-14(6-7-18)17(11)13-5-3-4-12(15)8-13/h3-5,8,11,14,18H,6-7,9-10H2,1-2H3. The lowest BCUT2D eigenvalue weighted by atomic mass is 10.0. The van der Waals surface area contributed by atoms with Gasteiger partial charge in [0, 0.05) is 41.9 Å². The lowest BCUT2D eigenvalue weighted by Gasteiger charge is -2.46. The van der Waals surface area contributed by atoms with Gasteiger partial charge in [-0.25, -0.2) is 0 Å². The molecule has 1 aromatic carbocycles. The number of benzene rings is 1. The number of halogens is 1. The Kier molecular flexibility index (Phi) is 4.65. The molecule has 1 heterocycles. The van der Waals surface area contributed by atoms with Gasteiger partial charge in [-0.1, -0.05) is 22.0 Å². The molecule has 3 nitrogen and oxygen atoms in total. The molecule has 0 radical (unpaired) electrons. The summed E-state index contributed by atoms with van der Waals surface area (Å²) in [7, 11) is 2.15. The molecule has 0 saturated carbocycles. The fraction of sp³-hybridized carbons (Fsp3) is 0.571. The Morgan fingerprint density at radius 2 is 2.17 bits per heavy atom. The van der Waals surface area contributed by atoms with Gasteiger partial charge >= 0.3 is 0 Å². The molecule has 0 spiro atoms. The monoisotopic (exact) mass is 312 g/mol. The SMILES string of the molecule is CC1CN(C)CC(CCO)N1c1cccc(Br)c1. The van der Waals surface area contributed by atoms with Crippen LogP contribution in [0.15, 0.2) is 28.7 Å². The molecule has 1 aliphatic heterocycles. The summed E-state index contributed by atoms with van der Waals surface area (Å²) in [6.07, 6.45) is 0.821. The van der Waals surface area contributed by atoms with Crippen molar-refractivity contribution in [2.24, 2.45) is 0 Å². The van der Waals surface area contributed by atoms with Crippen LogP contribution in [-0.2, 0) is 0 Å². The summed E-state index contributed by atoms with van der Waals surface area (Å²) in [4.78, 5) is 4.79. The molecule has 1 N–H and O–H groups in total. The number of likely N-dealkylation sites (N-methyl/N-ethyl adjacent to an activating group) is 1. The third-order valence-electron chi connectivity index (χ3n) is 3.54. The van der Waals surface area contributed by atoms with E-state index in [1.165, 1.54) is 5.69 Å². The summed E-state index contributed by atoms with van der Waals surface area (Å²) in [6.45, 7) is 4.57. The summed E-state index contributed by atoms with van der Waals surface area (Å²) in [5, 5.41) is 9.26. The molecule has 100 valence electrons. The van der Waals surface area contributed by atoms with Crippen LogP contribution in [0.2, 0.25) is 0 Å². The number of rotatable bonds is 3. The molecule has 1 aromatic rings. The minimum atomic E-state index is 0.246. The minimum Gasteiger partial charge on any atom is -0.396 e. The lowest BCUT2D eigenvalue weighted by molar-refractivity contribution is 0.198. The first-order valence-corrected chi connectivity index (χ1v) is 7.24. The van der Waals surface area contributed by atoms with Gasteiger partial charge in [-0.3, -0.25) is 0 Å². The van der Waals surface area contributed by atoms with Crippen LogP contribution in [0, 0.1) is 0 Å². The van der Waals surface area contributed by atoms with Crippen molar-refractivity contribution in [1.82, 2.24) is 4.90 Å². The highest BCUT2D eigenvalue weighted by Crippen LogP contribution is 2.27. The van der Waals surface area contributed by atoms with Gasteiger partial charge in [-0.2, -0.15) is 0 Å². The van der Waals surface area contributed by atoms with Crippen LogP contribution < -0.4 is 4.90 Å². The highest BCUT2D eigenvalue weighted by Gasteiger charge is 2.30. The van der Waals surface area contributed by atoms with Crippen molar-refractivity contribution in [3.63, 3.8) is 0 Å². The van der Waals surface area contributed by atoms with Crippen molar-refractivity contribution in [1.29, 1.82) is 0 Å². The molecule has 1 saturated heterocycles. The van der Waals surface area contributed by atoms with Crippen LogP contribution >= 0.6 is 15.9 Å². The smallest absolute Gasteiger partial charge is 0.0451 e. The van der Waals surface area contributed by atoms with E-state index in [4.69, 9.17) is 0 Å². The van der Waals surface area contributed by atoms with Crippen LogP contribution in [0.3, 0.4) is 0 Å². The zero-order valence-corrected chi connectivity index (χ0v) is 12.6. The number of nitrogens with zero attached hydrogens (tertiary/aromatic N) is 2. The molecular formula is C14H21BrN2O. The molecule has 2 unspecified atom stereocenters. The predicted molar refractivity (Wildman–Crippen MR) is 79.1 cm³/mol. The third kappa shape index (κ3) is 3.05. The predicted octanol–water partition coefficient (Wildman–Crippen LogP) is 2.34. The lowest BCUT2D eigenvalue weighted by Crippen LogP contribution is -2.57. The molecule has 0 bridgehead atoms. The van der Waals surface area contributed by atoms with Gasteiger partial charge in [0.25, 0.3) is 0 Å². The van der Waals surface area contributed by atoms with Gasteiger partial charge in [0.05, 0.1) is 0 Å². The maximum atomic E-state index is 9.26. The Balaban J connectivity index is 2.26. The molecule has 4 heteroatoms. The van der Waals surface area contributed by atoms with Crippen molar-refractivity contribution < 1.29 is 5.11 Å². The first-order chi connectivity index (χ1) is 8.61. The van der Waals surface area contributed by atoms with Gasteiger partial charge < -0.3 is 14.9 Å². The van der Waals surface area contributed by atoms with E-state index in [-0.39, 0.29) is 6.61 Å². The second-order valence-corrected chi connectivity index (χ2v) is 6.04. The number of hydrogen-bond acceptors (Lipinski definition) is 3. The van der Waals surface area contributed by atoms with Crippen LogP contribution in [0.1, 0.15) is 13.3 Å². The highest BCUT2D eigenvalue weighted by molar-refractivity contribution is 9.10. The summed E-state index contributed by atoms with van der Waals surface area (Å²) >= 11 is 3.53. The zero-order chi connectivity index (χ0) is 13.1. The highest BCUT2D eigenvalue weighted by atomic mass is 79.9. The average molecular weight is 313 g/mol. The van der Waals surface area contributed by atoms with E-state index in [1.54, 1.807) is 0 Å². The average Bonchev–Trinajstić information content (AvgIpc) is 2.28. The van der Waals surface area contributed by atoms with Gasteiger partial charge in [0.1, 0.15) is 0 Å². The van der Waals surface area contributed by atoms with E-state index in [0.717, 1.165) is 24.0 Å². The maximum Gasteiger partial charge on any atom is 0.0451 e. The van der Waals surface area contributed by atoms with Crippen LogP contribution in [0.4, 0.5) is 5.69 Å². The maximum absolute atomic E-state index is 9.26. The zero-order valence-electron chi connectivity index (χ0n) is 11.0. The molecule has 0 aromatic heterocycles. The summed E-state index contributed by atoms with van der Waals surface area (Å²) in [5.74, 6) is 0. The van der Waals surface area contributed by atoms with Gasteiger partial charge in [0.2, 0.25) is 0 Å².